The van der Waals surface area contributed by atoms with Crippen molar-refractivity contribution in [1.29, 1.82) is 10.5 Å². The quantitative estimate of drug-likeness (QED) is 0.0216. The summed E-state index contributed by atoms with van der Waals surface area (Å²) in [5, 5.41) is 32.6. The number of nitrogens with one attached hydrogen (secondary N) is 5. The fourth-order valence-corrected chi connectivity index (χ4v) is 11.4. The molecule has 1 aliphatic carbocycles. The summed E-state index contributed by atoms with van der Waals surface area (Å²) in [4.78, 5) is 117. The molecule has 3 atom stereocenters. The fraction of sp³-hybridized carbons (Fsp3) is 0.420. The lowest BCUT2D eigenvalue weighted by molar-refractivity contribution is -0.132. The first-order chi connectivity index (χ1) is 47.2. The molecular weight excluding hydrogens is 1280 g/mol. The van der Waals surface area contributed by atoms with Crippen LogP contribution in [-0.4, -0.2) is 195 Å². The molecule has 4 heterocycles. The number of likely N-dealkylation sites (N-methyl/N-ethyl adjacent to an activating group) is 1. The number of amides is 8. The average molecular weight is 1360 g/mol. The first kappa shape index (κ1) is 71.8. The molecule has 9 rings (SSSR count). The topological polar surface area (TPSA) is 326 Å². The van der Waals surface area contributed by atoms with Gasteiger partial charge in [-0.3, -0.25) is 43.5 Å². The second kappa shape index (κ2) is 33.9. The van der Waals surface area contributed by atoms with E-state index in [1.54, 1.807) is 55.6 Å². The maximum absolute atomic E-state index is 14.0. The van der Waals surface area contributed by atoms with Crippen LogP contribution in [0.25, 0.3) is 32.9 Å². The van der Waals surface area contributed by atoms with Crippen molar-refractivity contribution in [2.45, 2.75) is 93.9 Å². The summed E-state index contributed by atoms with van der Waals surface area (Å²) in [6, 6.07) is 27.9. The lowest BCUT2D eigenvalue weighted by Crippen LogP contribution is -2.47. The molecule has 0 spiro atoms. The Morgan fingerprint density at radius 2 is 1.10 bits per heavy atom. The molecule has 0 saturated carbocycles. The molecule has 6 aromatic rings. The van der Waals surface area contributed by atoms with Gasteiger partial charge in [0, 0.05) is 86.7 Å². The lowest BCUT2D eigenvalue weighted by Gasteiger charge is -2.21. The molecule has 516 valence electrons. The third-order valence-electron chi connectivity index (χ3n) is 16.5. The molecule has 0 bridgehead atoms. The second-order valence-corrected chi connectivity index (χ2v) is 23.6. The predicted molar refractivity (Wildman–Crippen MR) is 345 cm³/mol. The lowest BCUT2D eigenvalue weighted by atomic mass is 10.1. The first-order valence-corrected chi connectivity index (χ1v) is 32.0. The summed E-state index contributed by atoms with van der Waals surface area (Å²) in [7, 11) is 1.62. The van der Waals surface area contributed by atoms with Gasteiger partial charge in [0.1, 0.15) is 29.6 Å². The number of carbonyl (C=O) groups is 8. The number of fused-ring (bicyclic) bond motifs is 5. The van der Waals surface area contributed by atoms with Gasteiger partial charge in [-0.2, -0.15) is 10.5 Å². The van der Waals surface area contributed by atoms with E-state index in [9.17, 15) is 66.4 Å². The van der Waals surface area contributed by atoms with Gasteiger partial charge in [0.2, 0.25) is 29.5 Å². The summed E-state index contributed by atoms with van der Waals surface area (Å²) < 4.78 is 85.0. The van der Waals surface area contributed by atoms with Crippen LogP contribution in [-0.2, 0) is 38.2 Å². The van der Waals surface area contributed by atoms with Gasteiger partial charge in [-0.05, 0) is 91.8 Å². The summed E-state index contributed by atoms with van der Waals surface area (Å²) in [6.45, 7) is -1.50. The van der Waals surface area contributed by atoms with E-state index in [1.165, 1.54) is 29.4 Å². The van der Waals surface area contributed by atoms with Gasteiger partial charge in [0.25, 0.3) is 23.7 Å². The van der Waals surface area contributed by atoms with E-state index < -0.39 is 117 Å². The molecule has 2 unspecified atom stereocenters. The van der Waals surface area contributed by atoms with Crippen molar-refractivity contribution >= 4 is 69.2 Å². The van der Waals surface area contributed by atoms with Crippen LogP contribution in [0, 0.1) is 22.7 Å². The fourth-order valence-electron chi connectivity index (χ4n) is 11.4. The van der Waals surface area contributed by atoms with Crippen molar-refractivity contribution in [1.82, 2.24) is 51.3 Å². The number of halogens is 4. The Bertz CT molecular complexity index is 3940. The largest absolute Gasteiger partial charge is 0.494 e. The van der Waals surface area contributed by atoms with E-state index in [-0.39, 0.29) is 95.6 Å². The van der Waals surface area contributed by atoms with Gasteiger partial charge in [-0.15, -0.1) is 0 Å². The third kappa shape index (κ3) is 19.4. The molecule has 5 N–H and O–H groups in total. The molecule has 0 radical (unpaired) electrons. The number of carbonyl (C=O) groups excluding carboxylic acids is 8. The van der Waals surface area contributed by atoms with Gasteiger partial charge >= 0.3 is 6.09 Å². The minimum atomic E-state index is -3.21. The highest BCUT2D eigenvalue weighted by molar-refractivity contribution is 6.08. The van der Waals surface area contributed by atoms with E-state index in [4.69, 9.17) is 23.7 Å². The molecule has 2 fully saturated rings. The van der Waals surface area contributed by atoms with E-state index in [2.05, 4.69) is 36.6 Å². The van der Waals surface area contributed by atoms with Crippen molar-refractivity contribution in [3.05, 3.63) is 132 Å². The third-order valence-corrected chi connectivity index (χ3v) is 16.5. The molecule has 8 amide bonds. The van der Waals surface area contributed by atoms with E-state index in [0.717, 1.165) is 32.1 Å². The summed E-state index contributed by atoms with van der Waals surface area (Å²) in [5.74, 6) is -10.0. The molecular formula is C69H74F4N12O13. The molecule has 2 saturated heterocycles. The summed E-state index contributed by atoms with van der Waals surface area (Å²) in [5.41, 5.74) is 5.04. The van der Waals surface area contributed by atoms with E-state index >= 15 is 0 Å². The average Bonchev–Trinajstić information content (AvgIpc) is 1.37. The number of nitrogens with zero attached hydrogens (tertiary/aromatic N) is 7. The Kier molecular flexibility index (Phi) is 24.8. The number of hydrogen-bond acceptors (Lipinski definition) is 17. The highest BCUT2D eigenvalue weighted by Gasteiger charge is 2.48. The minimum absolute atomic E-state index is 0.0117. The number of alkyl halides is 4. The minimum Gasteiger partial charge on any atom is -0.494 e. The molecule has 4 aromatic carbocycles. The second-order valence-electron chi connectivity index (χ2n) is 23.6. The maximum Gasteiger partial charge on any atom is 0.410 e. The van der Waals surface area contributed by atoms with Crippen LogP contribution < -0.4 is 36.1 Å². The molecule has 25 nitrogen and oxygen atoms in total. The Balaban J connectivity index is 0.700. The van der Waals surface area contributed by atoms with Crippen LogP contribution in [0.3, 0.4) is 0 Å². The molecule has 2 aliphatic heterocycles. The summed E-state index contributed by atoms with van der Waals surface area (Å²) >= 11 is 0. The van der Waals surface area contributed by atoms with E-state index in [1.807, 2.05) is 48.5 Å². The maximum atomic E-state index is 14.0. The van der Waals surface area contributed by atoms with Gasteiger partial charge in [-0.25, -0.2) is 22.4 Å². The van der Waals surface area contributed by atoms with Crippen molar-refractivity contribution in [2.75, 3.05) is 92.5 Å². The molecule has 3 aliphatic rings. The monoisotopic (exact) mass is 1350 g/mol. The Morgan fingerprint density at radius 3 is 1.62 bits per heavy atom. The zero-order valence-corrected chi connectivity index (χ0v) is 53.7. The Labute approximate surface area is 561 Å². The van der Waals surface area contributed by atoms with Crippen molar-refractivity contribution in [3.63, 3.8) is 0 Å². The number of hydrogen-bond donors (Lipinski definition) is 5. The number of rotatable bonds is 33. The van der Waals surface area contributed by atoms with Crippen LogP contribution in [0.5, 0.6) is 11.5 Å². The number of unbranched alkanes of at least 4 members (excludes halogenated alkanes) is 2. The highest BCUT2D eigenvalue weighted by Crippen LogP contribution is 2.45. The van der Waals surface area contributed by atoms with Crippen LogP contribution in [0.2, 0.25) is 0 Å². The molecule has 29 heteroatoms. The van der Waals surface area contributed by atoms with Crippen molar-refractivity contribution in [2.24, 2.45) is 0 Å². The standard InChI is InChI=1S/C69H74F4N12O13/c1-83(67(93)98-63-50-12-4-2-10-48(50)49-11-3-5-13-51(49)63)27-31-95-33-32-94-30-22-60(87)82-58(66(92)79-24-7-9-29-97-47-15-17-57-55(35-47)53(21-26-77-57)65(91)81-41-62(89)85-43-69(72,73)37-45(85)39-75)18-19-59(86)78-23-6-8-28-96-46-14-16-56-54(34-46)52(20-25-76-56)64(90)80-40-61(88)84-42-68(70,71)36-44(84)38-74/h2-5,10-17,20-21,25-26,34-35,44-45,58,63H,6-9,18-19,22-24,27-33,36-37,40-43H2,1H3,(H,78,86)(H,79,92)(H,80,90)(H,81,91)(H,82,87)/t44?,45?,58-/m0/s1. The van der Waals surface area contributed by atoms with E-state index in [0.29, 0.717) is 59.0 Å². The smallest absolute Gasteiger partial charge is 0.410 e. The zero-order valence-electron chi connectivity index (χ0n) is 53.7. The number of ether oxygens (including phenoxy) is 5. The number of benzene rings is 4. The van der Waals surface area contributed by atoms with Crippen LogP contribution >= 0.6 is 0 Å². The van der Waals surface area contributed by atoms with Gasteiger partial charge in [-0.1, -0.05) is 48.5 Å². The Morgan fingerprint density at radius 1 is 0.602 bits per heavy atom. The number of pyridine rings is 2. The van der Waals surface area contributed by atoms with Crippen LogP contribution in [0.15, 0.2) is 109 Å². The SMILES string of the molecule is CN(CCOCCOCCC(=O)N[C@@H](CCC(=O)NCCCCOc1ccc2nccc(C(=O)NCC(=O)N3CC(F)(F)CC3C#N)c2c1)C(=O)NCCCCOc1ccc2nccc(C(=O)NCC(=O)N3CC(F)(F)CC3C#N)c2c1)C(=O)OC1c2ccccc2-c2ccccc21. The van der Waals surface area contributed by atoms with Crippen LogP contribution in [0.1, 0.15) is 95.7 Å². The summed E-state index contributed by atoms with van der Waals surface area (Å²) in [6.07, 6.45) is 1.77. The van der Waals surface area contributed by atoms with Crippen molar-refractivity contribution in [3.8, 4) is 34.8 Å². The zero-order chi connectivity index (χ0) is 69.8. The Hall–Kier alpha value is -10.5. The molecule has 2 aromatic heterocycles. The van der Waals surface area contributed by atoms with Gasteiger partial charge in [0.05, 0.1) is 100 Å². The van der Waals surface area contributed by atoms with Gasteiger partial charge in [0.15, 0.2) is 6.10 Å². The number of aromatic nitrogens is 2. The normalized spacial score (nSPS) is 16.0. The van der Waals surface area contributed by atoms with Crippen LogP contribution in [0.4, 0.5) is 22.4 Å². The van der Waals surface area contributed by atoms with Gasteiger partial charge < -0.3 is 65.0 Å². The number of likely N-dealkylation sites (tertiary alicyclic amines) is 2. The predicted octanol–water partition coefficient (Wildman–Crippen LogP) is 6.54. The first-order valence-electron chi connectivity index (χ1n) is 32.0. The van der Waals surface area contributed by atoms with Crippen molar-refractivity contribution < 1.29 is 79.6 Å². The number of nitriles is 2. The molecule has 98 heavy (non-hydrogen) atoms. The highest BCUT2D eigenvalue weighted by atomic mass is 19.3.